The van der Waals surface area contributed by atoms with Crippen molar-refractivity contribution in [3.05, 3.63) is 121 Å². The Balaban J connectivity index is 0. The van der Waals surface area contributed by atoms with Gasteiger partial charge in [0.1, 0.15) is 0 Å². The van der Waals surface area contributed by atoms with Crippen molar-refractivity contribution in [1.82, 2.24) is 0 Å². The molecule has 2 aliphatic carbocycles. The van der Waals surface area contributed by atoms with E-state index in [1.54, 1.807) is 10.6 Å². The Hall–Kier alpha value is -0.511. The zero-order valence-electron chi connectivity index (χ0n) is 28.1. The summed E-state index contributed by atoms with van der Waals surface area (Å²) in [5.74, 6) is 0. The molecular weight excluding hydrogens is 709 g/mol. The molecule has 0 N–H and O–H groups in total. The molecule has 0 saturated heterocycles. The minimum atomic E-state index is 0. The Morgan fingerprint density at radius 3 is 1.15 bits per heavy atom. The van der Waals surface area contributed by atoms with Crippen molar-refractivity contribution in [2.75, 3.05) is 24.6 Å². The molecule has 6 heteroatoms. The van der Waals surface area contributed by atoms with E-state index in [4.69, 9.17) is 0 Å². The maximum atomic E-state index is 2.99. The van der Waals surface area contributed by atoms with E-state index in [2.05, 4.69) is 125 Å². The zero-order valence-corrected chi connectivity index (χ0v) is 34.5. The van der Waals surface area contributed by atoms with Crippen LogP contribution < -0.4 is 35.4 Å². The van der Waals surface area contributed by atoms with Gasteiger partial charge in [-0.3, -0.25) is 12.2 Å². The Kier molecular flexibility index (Phi) is 30.4. The molecule has 0 amide bonds. The van der Waals surface area contributed by atoms with Crippen LogP contribution in [0.1, 0.15) is 66.2 Å². The summed E-state index contributed by atoms with van der Waals surface area (Å²) in [7, 11) is 0.194. The standard InChI is InChI=1S/2C15H20P.2C5H5.2ClH.2Ti/c2*1-3-9-16(10-4-2)15-11-13-7-5-6-8-14(13)12-15;2*1-2-4-5-3-1;;;;/h2*5-8,11-12H,3-4,9-10H2,1-2H3;2*1-3H,4H2;2*1H;;/q4*-1;;;2*+2/p-2. The monoisotopic (exact) mass is 758 g/mol. The van der Waals surface area contributed by atoms with E-state index in [0.717, 1.165) is 12.8 Å². The molecule has 0 spiro atoms. The summed E-state index contributed by atoms with van der Waals surface area (Å²) in [4.78, 5) is 0. The molecule has 0 unspecified atom stereocenters. The number of halogens is 2. The molecule has 4 aromatic rings. The number of rotatable bonds is 10. The fraction of sp³-hybridized carbons (Fsp3) is 0.350. The summed E-state index contributed by atoms with van der Waals surface area (Å²) in [5.41, 5.74) is 0. The first-order chi connectivity index (χ1) is 20.7. The van der Waals surface area contributed by atoms with Crippen molar-refractivity contribution in [1.29, 1.82) is 0 Å². The summed E-state index contributed by atoms with van der Waals surface area (Å²) in [5, 5.41) is 8.88. The van der Waals surface area contributed by atoms with E-state index in [-0.39, 0.29) is 84.1 Å². The van der Waals surface area contributed by atoms with Crippen molar-refractivity contribution in [2.45, 2.75) is 66.2 Å². The summed E-state index contributed by atoms with van der Waals surface area (Å²) in [6, 6.07) is 27.1. The maximum Gasteiger partial charge on any atom is 2.00 e. The van der Waals surface area contributed by atoms with E-state index in [0.29, 0.717) is 0 Å². The fourth-order valence-corrected chi connectivity index (χ4v) is 10.1. The molecule has 4 aromatic carbocycles. The Bertz CT molecular complexity index is 1210. The average Bonchev–Trinajstić information content (AvgIpc) is 3.85. The molecule has 2 aliphatic rings. The van der Waals surface area contributed by atoms with E-state index in [1.165, 1.54) is 71.9 Å². The summed E-state index contributed by atoms with van der Waals surface area (Å²) in [6.45, 7) is 9.20. The quantitative estimate of drug-likeness (QED) is 0.113. The van der Waals surface area contributed by atoms with Crippen molar-refractivity contribution in [3.8, 4) is 0 Å². The summed E-state index contributed by atoms with van der Waals surface area (Å²) >= 11 is 0. The van der Waals surface area contributed by atoms with Crippen LogP contribution in [0.3, 0.4) is 0 Å². The minimum Gasteiger partial charge on any atom is -1.00 e. The number of hydrogen-bond acceptors (Lipinski definition) is 0. The second-order valence-electron chi connectivity index (χ2n) is 10.7. The predicted octanol–water partition coefficient (Wildman–Crippen LogP) is 5.59. The van der Waals surface area contributed by atoms with Gasteiger partial charge in [0.15, 0.2) is 0 Å². The molecule has 0 bridgehead atoms. The van der Waals surface area contributed by atoms with Crippen LogP contribution in [-0.2, 0) is 43.4 Å². The molecule has 6 rings (SSSR count). The number of benzene rings is 2. The van der Waals surface area contributed by atoms with Gasteiger partial charge >= 0.3 is 43.4 Å². The molecule has 0 saturated carbocycles. The van der Waals surface area contributed by atoms with Crippen molar-refractivity contribution in [2.24, 2.45) is 0 Å². The first-order valence-corrected chi connectivity index (χ1v) is 19.4. The van der Waals surface area contributed by atoms with E-state index in [9.17, 15) is 0 Å². The molecule has 0 fully saturated rings. The zero-order chi connectivity index (χ0) is 29.8. The SMILES string of the molecule is CCCP(CCC)c1cc2ccccc2[cH-]1.CCCP(CCC)c1cc2ccccc2[cH-]1.[C-]1=CC=CC1.[C-]1=CC=CC1.[Cl-].[Cl-].[Ti+2].[Ti+2]. The molecule has 46 heavy (non-hydrogen) atoms. The van der Waals surface area contributed by atoms with Gasteiger partial charge in [-0.25, -0.2) is 24.3 Å². The molecule has 0 nitrogen and oxygen atoms in total. The van der Waals surface area contributed by atoms with Crippen LogP contribution in [0, 0.1) is 12.2 Å². The van der Waals surface area contributed by atoms with Gasteiger partial charge in [0.25, 0.3) is 0 Å². The van der Waals surface area contributed by atoms with Gasteiger partial charge in [-0.2, -0.15) is 24.3 Å². The van der Waals surface area contributed by atoms with Crippen molar-refractivity contribution >= 4 is 48.0 Å². The topological polar surface area (TPSA) is 0 Å². The third kappa shape index (κ3) is 17.2. The molecule has 244 valence electrons. The van der Waals surface area contributed by atoms with Crippen molar-refractivity contribution < 1.29 is 68.2 Å². The first-order valence-electron chi connectivity index (χ1n) is 15.9. The van der Waals surface area contributed by atoms with Crippen LogP contribution in [0.25, 0.3) is 21.5 Å². The number of fused-ring (bicyclic) bond motifs is 2. The van der Waals surface area contributed by atoms with Crippen LogP contribution in [0.4, 0.5) is 0 Å². The van der Waals surface area contributed by atoms with E-state index in [1.807, 2.05) is 24.3 Å². The molecule has 0 heterocycles. The van der Waals surface area contributed by atoms with Crippen LogP contribution in [0.5, 0.6) is 0 Å². The third-order valence-electron chi connectivity index (χ3n) is 7.08. The molecule has 0 aliphatic heterocycles. The Morgan fingerprint density at radius 2 is 0.913 bits per heavy atom. The minimum absolute atomic E-state index is 0. The molecule has 0 radical (unpaired) electrons. The Morgan fingerprint density at radius 1 is 0.565 bits per heavy atom. The first kappa shape index (κ1) is 47.6. The van der Waals surface area contributed by atoms with Crippen LogP contribution in [-0.4, -0.2) is 24.6 Å². The molecule has 0 atom stereocenters. The number of allylic oxidation sites excluding steroid dienone is 8. The van der Waals surface area contributed by atoms with Gasteiger partial charge in [-0.1, -0.05) is 81.4 Å². The number of hydrogen-bond donors (Lipinski definition) is 0. The van der Waals surface area contributed by atoms with Gasteiger partial charge in [0.05, 0.1) is 0 Å². The third-order valence-corrected chi connectivity index (χ3v) is 13.0. The normalized spacial score (nSPS) is 11.8. The van der Waals surface area contributed by atoms with Crippen LogP contribution >= 0.6 is 15.8 Å². The largest absolute Gasteiger partial charge is 2.00 e. The fourth-order valence-electron chi connectivity index (χ4n) is 5.13. The van der Waals surface area contributed by atoms with Gasteiger partial charge in [-0.05, 0) is 24.6 Å². The van der Waals surface area contributed by atoms with Gasteiger partial charge in [0, 0.05) is 0 Å². The second kappa shape index (κ2) is 29.4. The van der Waals surface area contributed by atoms with Gasteiger partial charge < -0.3 is 24.8 Å². The summed E-state index contributed by atoms with van der Waals surface area (Å²) in [6.07, 6.45) is 30.8. The smallest absolute Gasteiger partial charge is 1.00 e. The van der Waals surface area contributed by atoms with Gasteiger partial charge in [-0.15, -0.1) is 93.5 Å². The van der Waals surface area contributed by atoms with Gasteiger partial charge in [0.2, 0.25) is 0 Å². The maximum absolute atomic E-state index is 2.99. The van der Waals surface area contributed by atoms with Crippen LogP contribution in [0.2, 0.25) is 0 Å². The molecule has 0 aromatic heterocycles. The average molecular weight is 759 g/mol. The molecular formula is C40H50Cl2P2Ti2-2. The van der Waals surface area contributed by atoms with Crippen molar-refractivity contribution in [3.63, 3.8) is 0 Å². The second-order valence-corrected chi connectivity index (χ2v) is 15.6. The predicted molar refractivity (Wildman–Crippen MR) is 196 cm³/mol. The van der Waals surface area contributed by atoms with E-state index < -0.39 is 0 Å². The summed E-state index contributed by atoms with van der Waals surface area (Å²) < 4.78 is 0. The van der Waals surface area contributed by atoms with E-state index >= 15 is 0 Å². The Labute approximate surface area is 325 Å². The van der Waals surface area contributed by atoms with Crippen LogP contribution in [0.15, 0.2) is 109 Å².